The van der Waals surface area contributed by atoms with Crippen LogP contribution in [0.2, 0.25) is 0 Å². The van der Waals surface area contributed by atoms with Crippen LogP contribution in [0.5, 0.6) is 0 Å². The molecule has 0 aliphatic heterocycles. The molecule has 0 aromatic heterocycles. The molecule has 0 bridgehead atoms. The zero-order valence-electron chi connectivity index (χ0n) is 12.9. The maximum atomic E-state index is 12.2. The maximum absolute atomic E-state index is 12.2. The van der Waals surface area contributed by atoms with Crippen LogP contribution in [-0.4, -0.2) is 19.0 Å². The normalized spacial score (nSPS) is 17.4. The number of nitrogens with one attached hydrogen (secondary N) is 1. The lowest BCUT2D eigenvalue weighted by Gasteiger charge is -2.22. The Kier molecular flexibility index (Phi) is 6.74. The first-order valence-electron chi connectivity index (χ1n) is 8.31. The van der Waals surface area contributed by atoms with E-state index in [1.165, 1.54) is 37.7 Å². The summed E-state index contributed by atoms with van der Waals surface area (Å²) in [5.74, 6) is 0.806. The summed E-state index contributed by atoms with van der Waals surface area (Å²) < 4.78 is 0. The summed E-state index contributed by atoms with van der Waals surface area (Å²) in [4.78, 5) is 12.2. The molecule has 3 N–H and O–H groups in total. The van der Waals surface area contributed by atoms with Crippen molar-refractivity contribution in [2.75, 3.05) is 13.1 Å². The van der Waals surface area contributed by atoms with Crippen LogP contribution in [-0.2, 0) is 11.2 Å². The van der Waals surface area contributed by atoms with Crippen molar-refractivity contribution in [1.29, 1.82) is 0 Å². The fraction of sp³-hybridized carbons (Fsp3) is 0.611. The minimum Gasteiger partial charge on any atom is -0.356 e. The Bertz CT molecular complexity index is 412. The summed E-state index contributed by atoms with van der Waals surface area (Å²) in [6.45, 7) is 1.21. The van der Waals surface area contributed by atoms with Gasteiger partial charge in [0.1, 0.15) is 0 Å². The largest absolute Gasteiger partial charge is 0.356 e. The Hall–Kier alpha value is -1.35. The van der Waals surface area contributed by atoms with Crippen LogP contribution in [0.4, 0.5) is 0 Å². The summed E-state index contributed by atoms with van der Waals surface area (Å²) in [5.41, 5.74) is 6.95. The second kappa shape index (κ2) is 8.83. The van der Waals surface area contributed by atoms with Crippen LogP contribution in [0.15, 0.2) is 30.3 Å². The lowest BCUT2D eigenvalue weighted by Crippen LogP contribution is -2.37. The topological polar surface area (TPSA) is 55.1 Å². The van der Waals surface area contributed by atoms with Gasteiger partial charge in [0, 0.05) is 13.1 Å². The van der Waals surface area contributed by atoms with E-state index in [0.29, 0.717) is 6.54 Å². The molecule has 116 valence electrons. The van der Waals surface area contributed by atoms with Crippen molar-refractivity contribution < 1.29 is 4.79 Å². The average Bonchev–Trinajstić information content (AvgIpc) is 2.54. The van der Waals surface area contributed by atoms with E-state index in [-0.39, 0.29) is 11.8 Å². The Balaban J connectivity index is 1.72. The van der Waals surface area contributed by atoms with Crippen LogP contribution in [0.25, 0.3) is 0 Å². The van der Waals surface area contributed by atoms with Crippen molar-refractivity contribution >= 4 is 5.91 Å². The highest BCUT2D eigenvalue weighted by atomic mass is 16.1. The Morgan fingerprint density at radius 2 is 1.90 bits per heavy atom. The van der Waals surface area contributed by atoms with Crippen LogP contribution in [0, 0.1) is 11.8 Å². The Labute approximate surface area is 128 Å². The zero-order valence-corrected chi connectivity index (χ0v) is 12.9. The number of benzene rings is 1. The van der Waals surface area contributed by atoms with Gasteiger partial charge >= 0.3 is 0 Å². The highest BCUT2D eigenvalue weighted by Gasteiger charge is 2.18. The molecule has 1 saturated carbocycles. The van der Waals surface area contributed by atoms with Crippen LogP contribution in [0.1, 0.15) is 44.1 Å². The van der Waals surface area contributed by atoms with Gasteiger partial charge in [0.05, 0.1) is 5.92 Å². The summed E-state index contributed by atoms with van der Waals surface area (Å²) in [7, 11) is 0. The lowest BCUT2D eigenvalue weighted by molar-refractivity contribution is -0.124. The molecule has 0 heterocycles. The van der Waals surface area contributed by atoms with Crippen LogP contribution >= 0.6 is 0 Å². The monoisotopic (exact) mass is 288 g/mol. The second-order valence-corrected chi connectivity index (χ2v) is 6.21. The van der Waals surface area contributed by atoms with Crippen molar-refractivity contribution in [2.24, 2.45) is 17.6 Å². The van der Waals surface area contributed by atoms with Crippen molar-refractivity contribution in [3.8, 4) is 0 Å². The van der Waals surface area contributed by atoms with E-state index >= 15 is 0 Å². The number of carbonyl (C=O) groups excluding carboxylic acids is 1. The van der Waals surface area contributed by atoms with E-state index in [1.54, 1.807) is 0 Å². The fourth-order valence-electron chi connectivity index (χ4n) is 3.20. The van der Waals surface area contributed by atoms with Crippen LogP contribution < -0.4 is 11.1 Å². The van der Waals surface area contributed by atoms with E-state index in [0.717, 1.165) is 25.3 Å². The molecular formula is C18H28N2O. The van der Waals surface area contributed by atoms with Gasteiger partial charge in [-0.1, -0.05) is 62.4 Å². The van der Waals surface area contributed by atoms with E-state index in [4.69, 9.17) is 5.73 Å². The lowest BCUT2D eigenvalue weighted by atomic mass is 9.87. The molecule has 21 heavy (non-hydrogen) atoms. The summed E-state index contributed by atoms with van der Waals surface area (Å²) >= 11 is 0. The molecule has 0 saturated heterocycles. The third kappa shape index (κ3) is 5.50. The van der Waals surface area contributed by atoms with Crippen molar-refractivity contribution in [1.82, 2.24) is 5.32 Å². The Morgan fingerprint density at radius 1 is 1.19 bits per heavy atom. The first-order valence-corrected chi connectivity index (χ1v) is 8.31. The van der Waals surface area contributed by atoms with Crippen molar-refractivity contribution in [2.45, 2.75) is 44.9 Å². The first-order chi connectivity index (χ1) is 10.3. The minimum absolute atomic E-state index is 0.108. The quantitative estimate of drug-likeness (QED) is 0.810. The number of carbonyl (C=O) groups is 1. The predicted molar refractivity (Wildman–Crippen MR) is 86.9 cm³/mol. The molecule has 1 fully saturated rings. The average molecular weight is 288 g/mol. The van der Waals surface area contributed by atoms with Crippen molar-refractivity contribution in [3.63, 3.8) is 0 Å². The third-order valence-corrected chi connectivity index (χ3v) is 4.56. The molecule has 1 aromatic carbocycles. The predicted octanol–water partition coefficient (Wildman–Crippen LogP) is 2.89. The smallest absolute Gasteiger partial charge is 0.224 e. The third-order valence-electron chi connectivity index (χ3n) is 4.56. The van der Waals surface area contributed by atoms with Gasteiger partial charge in [0.25, 0.3) is 0 Å². The molecule has 1 aromatic rings. The standard InChI is InChI=1S/C18H28N2O/c19-14-17(13-16-9-5-2-6-10-16)18(21)20-12-11-15-7-3-1-4-8-15/h2,5-6,9-10,15,17H,1,3-4,7-8,11-14,19H2,(H,20,21). The molecule has 0 radical (unpaired) electrons. The van der Waals surface area contributed by atoms with Gasteiger partial charge in [-0.05, 0) is 24.3 Å². The van der Waals surface area contributed by atoms with Gasteiger partial charge in [0.15, 0.2) is 0 Å². The Morgan fingerprint density at radius 3 is 2.57 bits per heavy atom. The molecule has 2 rings (SSSR count). The number of amides is 1. The van der Waals surface area contributed by atoms with E-state index in [1.807, 2.05) is 18.2 Å². The molecule has 1 aliphatic rings. The van der Waals surface area contributed by atoms with Crippen LogP contribution in [0.3, 0.4) is 0 Å². The van der Waals surface area contributed by atoms with E-state index < -0.39 is 0 Å². The summed E-state index contributed by atoms with van der Waals surface area (Å²) in [6.07, 6.45) is 8.62. The van der Waals surface area contributed by atoms with Gasteiger partial charge in [-0.25, -0.2) is 0 Å². The molecule has 0 spiro atoms. The van der Waals surface area contributed by atoms with Gasteiger partial charge in [-0.3, -0.25) is 4.79 Å². The maximum Gasteiger partial charge on any atom is 0.224 e. The molecular weight excluding hydrogens is 260 g/mol. The van der Waals surface area contributed by atoms with E-state index in [9.17, 15) is 4.79 Å². The van der Waals surface area contributed by atoms with Gasteiger partial charge in [-0.2, -0.15) is 0 Å². The minimum atomic E-state index is -0.112. The zero-order chi connectivity index (χ0) is 14.9. The molecule has 3 heteroatoms. The summed E-state index contributed by atoms with van der Waals surface area (Å²) in [5, 5.41) is 3.08. The number of hydrogen-bond donors (Lipinski definition) is 2. The molecule has 1 amide bonds. The van der Waals surface area contributed by atoms with Gasteiger partial charge in [0.2, 0.25) is 5.91 Å². The molecule has 3 nitrogen and oxygen atoms in total. The molecule has 1 aliphatic carbocycles. The van der Waals surface area contributed by atoms with Crippen molar-refractivity contribution in [3.05, 3.63) is 35.9 Å². The SMILES string of the molecule is NCC(Cc1ccccc1)C(=O)NCCC1CCCCC1. The number of nitrogens with two attached hydrogens (primary N) is 1. The number of rotatable bonds is 7. The second-order valence-electron chi connectivity index (χ2n) is 6.21. The van der Waals surface area contributed by atoms with Gasteiger partial charge < -0.3 is 11.1 Å². The van der Waals surface area contributed by atoms with E-state index in [2.05, 4.69) is 17.4 Å². The number of hydrogen-bond acceptors (Lipinski definition) is 2. The highest BCUT2D eigenvalue weighted by molar-refractivity contribution is 5.79. The summed E-state index contributed by atoms with van der Waals surface area (Å²) in [6, 6.07) is 10.1. The fourth-order valence-corrected chi connectivity index (χ4v) is 3.20. The molecule has 1 atom stereocenters. The van der Waals surface area contributed by atoms with Gasteiger partial charge in [-0.15, -0.1) is 0 Å². The first kappa shape index (κ1) is 16.0. The highest BCUT2D eigenvalue weighted by Crippen LogP contribution is 2.25. The molecule has 1 unspecified atom stereocenters.